The highest BCUT2D eigenvalue weighted by molar-refractivity contribution is 8.00. The van der Waals surface area contributed by atoms with Gasteiger partial charge in [0.1, 0.15) is 6.07 Å². The van der Waals surface area contributed by atoms with Crippen molar-refractivity contribution in [3.05, 3.63) is 65.5 Å². The van der Waals surface area contributed by atoms with Crippen molar-refractivity contribution in [2.45, 2.75) is 72.2 Å². The van der Waals surface area contributed by atoms with Crippen LogP contribution in [0.15, 0.2) is 58.6 Å². The van der Waals surface area contributed by atoms with Crippen molar-refractivity contribution < 1.29 is 31.2 Å². The molecule has 2 aromatic carbocycles. The Bertz CT molecular complexity index is 2260. The van der Waals surface area contributed by atoms with Gasteiger partial charge in [-0.3, -0.25) is 19.7 Å². The first-order valence-corrected chi connectivity index (χ1v) is 20.7. The number of sulfonamides is 1. The number of rotatable bonds is 10. The molecule has 3 fully saturated rings. The smallest absolute Gasteiger partial charge is 0.351 e. The molecule has 7 rings (SSSR count). The van der Waals surface area contributed by atoms with Crippen molar-refractivity contribution in [2.24, 2.45) is 7.05 Å². The van der Waals surface area contributed by atoms with E-state index in [0.717, 1.165) is 43.4 Å². The lowest BCUT2D eigenvalue weighted by molar-refractivity contribution is -0.138. The Kier molecular flexibility index (Phi) is 11.3. The van der Waals surface area contributed by atoms with E-state index < -0.39 is 27.8 Å². The number of imide groups is 1. The number of nitriles is 1. The number of carbonyl (C=O) groups excluding carboxylic acids is 2. The lowest BCUT2D eigenvalue weighted by Gasteiger charge is -2.34. The van der Waals surface area contributed by atoms with Gasteiger partial charge in [-0.2, -0.15) is 27.8 Å². The van der Waals surface area contributed by atoms with Crippen molar-refractivity contribution in [2.75, 3.05) is 49.5 Å². The number of likely N-dealkylation sites (tertiary alicyclic amines) is 1. The van der Waals surface area contributed by atoms with Gasteiger partial charge in [0.25, 0.3) is 0 Å². The highest BCUT2D eigenvalue weighted by atomic mass is 32.2. The van der Waals surface area contributed by atoms with Crippen molar-refractivity contribution in [3.63, 3.8) is 0 Å². The average molecular weight is 811 g/mol. The summed E-state index contributed by atoms with van der Waals surface area (Å²) < 4.78 is 69.2. The molecule has 4 aromatic rings. The molecule has 0 saturated carbocycles. The van der Waals surface area contributed by atoms with E-state index in [2.05, 4.69) is 55.7 Å². The van der Waals surface area contributed by atoms with Crippen LogP contribution in [-0.2, 0) is 28.0 Å². The topological polar surface area (TPSA) is 169 Å². The summed E-state index contributed by atoms with van der Waals surface area (Å²) in [6, 6.07) is 12.4. The summed E-state index contributed by atoms with van der Waals surface area (Å²) in [4.78, 5) is 36.3. The van der Waals surface area contributed by atoms with Crippen molar-refractivity contribution >= 4 is 56.4 Å². The number of aromatic nitrogens is 4. The summed E-state index contributed by atoms with van der Waals surface area (Å²) in [5, 5.41) is 20.8. The minimum atomic E-state index is -4.54. The second kappa shape index (κ2) is 16.0. The number of hydrogen-bond donors (Lipinski definition) is 2. The predicted molar refractivity (Wildman–Crippen MR) is 204 cm³/mol. The Morgan fingerprint density at radius 2 is 1.73 bits per heavy atom. The number of hydrogen-bond acceptors (Lipinski definition) is 11. The summed E-state index contributed by atoms with van der Waals surface area (Å²) in [5.41, 5.74) is 1.58. The standard InChI is InChI=1S/C37H41F3N10O4S2/c1-23(22-48-12-7-24(8-13-48)25-4-6-30-31(17-25)47(2)46-34(30)50-16-11-33(51)45-36(50)52)55-32-18-29(5-3-26(32)19-41)56(53,54)49-14-9-28(10-15-49)44-35-42-20-27(21-43-35)37(38,39)40/h3-6,17-18,20-21,23-24,28H,7-16,22H2,1-2H3,(H,42,43,44)(H,45,51,52). The number of nitrogens with one attached hydrogen (secondary N) is 2. The summed E-state index contributed by atoms with van der Waals surface area (Å²) in [6.07, 6.45) is -0.153. The SMILES string of the molecule is CC(CN1CCC(c2ccc3c(N4CCC(=O)NC4=O)nn(C)c3c2)CC1)Sc1cc(S(=O)(=O)N2CCC(Nc3ncc(C(F)(F)F)cn3)CC2)ccc1C#N. The van der Waals surface area contributed by atoms with Gasteiger partial charge in [0, 0.05) is 73.6 Å². The van der Waals surface area contributed by atoms with Crippen LogP contribution in [0.1, 0.15) is 61.6 Å². The van der Waals surface area contributed by atoms with Gasteiger partial charge in [-0.25, -0.2) is 23.2 Å². The van der Waals surface area contributed by atoms with Gasteiger partial charge < -0.3 is 10.2 Å². The molecule has 3 amide bonds. The molecular formula is C37H41F3N10O4S2. The maximum atomic E-state index is 13.7. The van der Waals surface area contributed by atoms with Crippen molar-refractivity contribution in [1.82, 2.24) is 34.3 Å². The number of thioether (sulfide) groups is 1. The van der Waals surface area contributed by atoms with Gasteiger partial charge in [-0.1, -0.05) is 13.0 Å². The van der Waals surface area contributed by atoms with Gasteiger partial charge in [-0.05, 0) is 80.6 Å². The van der Waals surface area contributed by atoms with Gasteiger partial charge in [-0.15, -0.1) is 11.8 Å². The number of benzene rings is 2. The molecule has 0 radical (unpaired) electrons. The molecule has 5 heterocycles. The third-order valence-corrected chi connectivity index (χ3v) is 13.6. The monoisotopic (exact) mass is 810 g/mol. The minimum absolute atomic E-state index is 0.0521. The molecule has 14 nitrogen and oxygen atoms in total. The van der Waals surface area contributed by atoms with Gasteiger partial charge >= 0.3 is 12.2 Å². The number of nitrogens with zero attached hydrogens (tertiary/aromatic N) is 8. The largest absolute Gasteiger partial charge is 0.419 e. The second-order valence-corrected chi connectivity index (χ2v) is 17.8. The Morgan fingerprint density at radius 3 is 2.39 bits per heavy atom. The number of fused-ring (bicyclic) bond motifs is 1. The van der Waals surface area contributed by atoms with Crippen LogP contribution < -0.4 is 15.5 Å². The summed E-state index contributed by atoms with van der Waals surface area (Å²) >= 11 is 1.48. The zero-order valence-corrected chi connectivity index (χ0v) is 32.4. The normalized spacial score (nSPS) is 18.9. The fourth-order valence-electron chi connectivity index (χ4n) is 7.52. The quantitative estimate of drug-likeness (QED) is 0.199. The van der Waals surface area contributed by atoms with Gasteiger partial charge in [0.15, 0.2) is 5.82 Å². The zero-order chi connectivity index (χ0) is 39.8. The summed E-state index contributed by atoms with van der Waals surface area (Å²) in [5.74, 6) is 0.644. The molecule has 0 bridgehead atoms. The fourth-order valence-corrected chi connectivity index (χ4v) is 10.2. The Balaban J connectivity index is 0.928. The van der Waals surface area contributed by atoms with Crippen LogP contribution in [0.4, 0.5) is 29.7 Å². The van der Waals surface area contributed by atoms with E-state index in [-0.39, 0.29) is 54.1 Å². The van der Waals surface area contributed by atoms with Crippen molar-refractivity contribution in [1.29, 1.82) is 5.26 Å². The van der Waals surface area contributed by atoms with Gasteiger partial charge in [0.2, 0.25) is 21.9 Å². The Labute approximate surface area is 326 Å². The molecule has 0 aliphatic carbocycles. The minimum Gasteiger partial charge on any atom is -0.351 e. The molecule has 1 unspecified atom stereocenters. The van der Waals surface area contributed by atoms with Crippen molar-refractivity contribution in [3.8, 4) is 6.07 Å². The van der Waals surface area contributed by atoms with E-state index in [4.69, 9.17) is 0 Å². The van der Waals surface area contributed by atoms with Gasteiger partial charge in [0.05, 0.1) is 21.5 Å². The fraction of sp³-hybridized carbons (Fsp3) is 0.459. The third kappa shape index (κ3) is 8.48. The first kappa shape index (κ1) is 39.5. The van der Waals surface area contributed by atoms with E-state index in [1.54, 1.807) is 16.8 Å². The molecule has 3 saturated heterocycles. The lowest BCUT2D eigenvalue weighted by Crippen LogP contribution is -2.49. The molecular weight excluding hydrogens is 770 g/mol. The Morgan fingerprint density at radius 1 is 1.02 bits per heavy atom. The molecule has 1 atom stereocenters. The van der Waals surface area contributed by atoms with Crippen LogP contribution in [0.3, 0.4) is 0 Å². The van der Waals surface area contributed by atoms with E-state index in [1.165, 1.54) is 32.6 Å². The van der Waals surface area contributed by atoms with E-state index in [9.17, 15) is 36.4 Å². The number of amides is 3. The molecule has 3 aliphatic rings. The van der Waals surface area contributed by atoms with Crippen LogP contribution in [0.2, 0.25) is 0 Å². The van der Waals surface area contributed by atoms with E-state index in [0.29, 0.717) is 47.4 Å². The molecule has 296 valence electrons. The third-order valence-electron chi connectivity index (χ3n) is 10.5. The first-order valence-electron chi connectivity index (χ1n) is 18.4. The van der Waals surface area contributed by atoms with E-state index >= 15 is 0 Å². The number of halogens is 3. The average Bonchev–Trinajstić information content (AvgIpc) is 3.50. The highest BCUT2D eigenvalue weighted by Crippen LogP contribution is 2.36. The highest BCUT2D eigenvalue weighted by Gasteiger charge is 2.33. The Hall–Kier alpha value is -4.77. The molecule has 2 N–H and O–H groups in total. The lowest BCUT2D eigenvalue weighted by atomic mass is 9.89. The molecule has 3 aliphatic heterocycles. The number of piperidine rings is 2. The van der Waals surface area contributed by atoms with Crippen LogP contribution in [0, 0.1) is 11.3 Å². The van der Waals surface area contributed by atoms with Crippen LogP contribution in [0.5, 0.6) is 0 Å². The number of urea groups is 1. The first-order chi connectivity index (χ1) is 26.7. The number of carbonyl (C=O) groups is 2. The maximum absolute atomic E-state index is 13.7. The molecule has 0 spiro atoms. The van der Waals surface area contributed by atoms with Crippen LogP contribution >= 0.6 is 11.8 Å². The molecule has 19 heteroatoms. The number of aryl methyl sites for hydroxylation is 1. The summed E-state index contributed by atoms with van der Waals surface area (Å²) in [7, 11) is -2.02. The molecule has 2 aromatic heterocycles. The maximum Gasteiger partial charge on any atom is 0.419 e. The molecule has 56 heavy (non-hydrogen) atoms. The zero-order valence-electron chi connectivity index (χ0n) is 30.8. The number of alkyl halides is 3. The van der Waals surface area contributed by atoms with Crippen LogP contribution in [-0.4, -0.2) is 99.9 Å². The second-order valence-electron chi connectivity index (χ2n) is 14.4. The predicted octanol–water partition coefficient (Wildman–Crippen LogP) is 5.33. The summed E-state index contributed by atoms with van der Waals surface area (Å²) in [6.45, 7) is 5.27. The number of anilines is 2. The van der Waals surface area contributed by atoms with E-state index in [1.807, 2.05) is 13.1 Å². The van der Waals surface area contributed by atoms with Crippen LogP contribution in [0.25, 0.3) is 10.9 Å².